The van der Waals surface area contributed by atoms with E-state index in [1.807, 2.05) is 6.92 Å². The Morgan fingerprint density at radius 2 is 2.29 bits per heavy atom. The Labute approximate surface area is 101 Å². The smallest absolute Gasteiger partial charge is 0.255 e. The minimum Gasteiger partial charge on any atom is -0.505 e. The van der Waals surface area contributed by atoms with E-state index in [-0.39, 0.29) is 17.9 Å². The van der Waals surface area contributed by atoms with Gasteiger partial charge in [0.25, 0.3) is 5.91 Å². The first kappa shape index (κ1) is 13.4. The van der Waals surface area contributed by atoms with E-state index in [1.165, 1.54) is 18.5 Å². The number of rotatable bonds is 5. The first-order valence-corrected chi connectivity index (χ1v) is 5.60. The summed E-state index contributed by atoms with van der Waals surface area (Å²) in [7, 11) is 0. The summed E-state index contributed by atoms with van der Waals surface area (Å²) in [6.07, 6.45) is 4.08. The first-order valence-electron chi connectivity index (χ1n) is 5.60. The van der Waals surface area contributed by atoms with E-state index in [2.05, 4.69) is 10.3 Å². The van der Waals surface area contributed by atoms with Crippen LogP contribution in [-0.4, -0.2) is 33.3 Å². The second-order valence-electron chi connectivity index (χ2n) is 4.32. The Hall–Kier alpha value is -1.62. The molecule has 3 N–H and O–H groups in total. The maximum Gasteiger partial charge on any atom is 0.255 e. The minimum absolute atomic E-state index is 0.154. The fourth-order valence-electron chi connectivity index (χ4n) is 1.57. The zero-order valence-electron chi connectivity index (χ0n) is 10.1. The molecular formula is C12H18N2O3. The quantitative estimate of drug-likeness (QED) is 0.716. The lowest BCUT2D eigenvalue weighted by Gasteiger charge is -2.22. The highest BCUT2D eigenvalue weighted by Gasteiger charge is 2.21. The Bertz CT molecular complexity index is 391. The van der Waals surface area contributed by atoms with Crippen molar-refractivity contribution in [3.63, 3.8) is 0 Å². The van der Waals surface area contributed by atoms with Crippen LogP contribution in [0.25, 0.3) is 0 Å². The van der Waals surface area contributed by atoms with Crippen LogP contribution in [-0.2, 0) is 0 Å². The molecule has 0 aliphatic heterocycles. The van der Waals surface area contributed by atoms with Crippen LogP contribution in [0.2, 0.25) is 0 Å². The third-order valence-corrected chi connectivity index (χ3v) is 2.46. The third kappa shape index (κ3) is 4.03. The number of nitrogens with one attached hydrogen (secondary N) is 1. The van der Waals surface area contributed by atoms with Crippen molar-refractivity contribution in [2.75, 3.05) is 6.54 Å². The number of amides is 1. The van der Waals surface area contributed by atoms with Gasteiger partial charge in [-0.1, -0.05) is 13.3 Å². The molecule has 0 radical (unpaired) electrons. The van der Waals surface area contributed by atoms with E-state index in [9.17, 15) is 15.0 Å². The summed E-state index contributed by atoms with van der Waals surface area (Å²) in [6.45, 7) is 3.79. The van der Waals surface area contributed by atoms with Gasteiger partial charge < -0.3 is 15.5 Å². The third-order valence-electron chi connectivity index (χ3n) is 2.46. The van der Waals surface area contributed by atoms with Crippen molar-refractivity contribution in [3.05, 3.63) is 24.0 Å². The summed E-state index contributed by atoms with van der Waals surface area (Å²) in [5, 5.41) is 21.9. The van der Waals surface area contributed by atoms with Crippen LogP contribution in [0.3, 0.4) is 0 Å². The van der Waals surface area contributed by atoms with Gasteiger partial charge >= 0.3 is 0 Å². The second-order valence-corrected chi connectivity index (χ2v) is 4.32. The highest BCUT2D eigenvalue weighted by molar-refractivity contribution is 5.96. The van der Waals surface area contributed by atoms with Crippen LogP contribution < -0.4 is 5.32 Å². The van der Waals surface area contributed by atoms with Crippen molar-refractivity contribution in [1.29, 1.82) is 0 Å². The van der Waals surface area contributed by atoms with Crippen LogP contribution in [0.4, 0.5) is 0 Å². The van der Waals surface area contributed by atoms with Gasteiger partial charge in [0.2, 0.25) is 0 Å². The predicted octanol–water partition coefficient (Wildman–Crippen LogP) is 1.07. The molecule has 1 aromatic rings. The molecule has 0 bridgehead atoms. The summed E-state index contributed by atoms with van der Waals surface area (Å²) in [5.41, 5.74) is -0.764. The molecule has 0 saturated carbocycles. The van der Waals surface area contributed by atoms with Crippen LogP contribution in [0, 0.1) is 0 Å². The van der Waals surface area contributed by atoms with Gasteiger partial charge in [-0.2, -0.15) is 0 Å². The Morgan fingerprint density at radius 1 is 1.59 bits per heavy atom. The summed E-state index contributed by atoms with van der Waals surface area (Å²) < 4.78 is 0. The lowest BCUT2D eigenvalue weighted by molar-refractivity contribution is 0.0469. The monoisotopic (exact) mass is 238 g/mol. The van der Waals surface area contributed by atoms with Crippen LogP contribution in [0.5, 0.6) is 5.75 Å². The second kappa shape index (κ2) is 5.63. The summed E-state index contributed by atoms with van der Waals surface area (Å²) in [4.78, 5) is 15.4. The topological polar surface area (TPSA) is 82.5 Å². The largest absolute Gasteiger partial charge is 0.505 e. The SMILES string of the molecule is CCCC(C)(O)CNC(=O)c1ccncc1O. The zero-order chi connectivity index (χ0) is 12.9. The molecular weight excluding hydrogens is 220 g/mol. The van der Waals surface area contributed by atoms with Crippen molar-refractivity contribution in [3.8, 4) is 5.75 Å². The van der Waals surface area contributed by atoms with Gasteiger partial charge in [-0.3, -0.25) is 9.78 Å². The van der Waals surface area contributed by atoms with Crippen molar-refractivity contribution >= 4 is 5.91 Å². The molecule has 17 heavy (non-hydrogen) atoms. The van der Waals surface area contributed by atoms with E-state index in [0.29, 0.717) is 6.42 Å². The molecule has 1 amide bonds. The van der Waals surface area contributed by atoms with Gasteiger partial charge in [-0.25, -0.2) is 0 Å². The first-order chi connectivity index (χ1) is 7.96. The number of aromatic nitrogens is 1. The maximum atomic E-state index is 11.7. The number of hydrogen-bond acceptors (Lipinski definition) is 4. The van der Waals surface area contributed by atoms with Crippen molar-refractivity contribution in [2.24, 2.45) is 0 Å². The number of hydrogen-bond donors (Lipinski definition) is 3. The van der Waals surface area contributed by atoms with Crippen LogP contribution >= 0.6 is 0 Å². The number of pyridine rings is 1. The number of carbonyl (C=O) groups excluding carboxylic acids is 1. The minimum atomic E-state index is -0.924. The Balaban J connectivity index is 2.59. The lowest BCUT2D eigenvalue weighted by atomic mass is 10.0. The molecule has 0 saturated heterocycles. The molecule has 0 aromatic carbocycles. The number of aromatic hydroxyl groups is 1. The van der Waals surface area contributed by atoms with Gasteiger partial charge in [0, 0.05) is 12.7 Å². The van der Waals surface area contributed by atoms with Gasteiger partial charge in [-0.15, -0.1) is 0 Å². The average molecular weight is 238 g/mol. The molecule has 0 aliphatic carbocycles. The highest BCUT2D eigenvalue weighted by atomic mass is 16.3. The van der Waals surface area contributed by atoms with Crippen molar-refractivity contribution in [2.45, 2.75) is 32.3 Å². The molecule has 1 heterocycles. The summed E-state index contributed by atoms with van der Waals surface area (Å²) >= 11 is 0. The fourth-order valence-corrected chi connectivity index (χ4v) is 1.57. The molecule has 1 unspecified atom stereocenters. The maximum absolute atomic E-state index is 11.7. The molecule has 1 atom stereocenters. The molecule has 5 heteroatoms. The molecule has 0 spiro atoms. The van der Waals surface area contributed by atoms with E-state index in [0.717, 1.165) is 6.42 Å². The highest BCUT2D eigenvalue weighted by Crippen LogP contribution is 2.14. The molecule has 5 nitrogen and oxygen atoms in total. The van der Waals surface area contributed by atoms with Gasteiger partial charge in [0.15, 0.2) is 0 Å². The number of carbonyl (C=O) groups is 1. The molecule has 94 valence electrons. The summed E-state index contributed by atoms with van der Waals surface area (Å²) in [5.74, 6) is -0.582. The molecule has 1 aromatic heterocycles. The standard InChI is InChI=1S/C12H18N2O3/c1-3-5-12(2,17)8-14-11(16)9-4-6-13-7-10(9)15/h4,6-7,15,17H,3,5,8H2,1-2H3,(H,14,16). The number of nitrogens with zero attached hydrogens (tertiary/aromatic N) is 1. The molecule has 1 rings (SSSR count). The number of aliphatic hydroxyl groups is 1. The lowest BCUT2D eigenvalue weighted by Crippen LogP contribution is -2.40. The molecule has 0 aliphatic rings. The van der Waals surface area contributed by atoms with Crippen LogP contribution in [0.15, 0.2) is 18.5 Å². The fraction of sp³-hybridized carbons (Fsp3) is 0.500. The van der Waals surface area contributed by atoms with E-state index >= 15 is 0 Å². The van der Waals surface area contributed by atoms with E-state index in [1.54, 1.807) is 6.92 Å². The van der Waals surface area contributed by atoms with Gasteiger partial charge in [0.1, 0.15) is 5.75 Å². The van der Waals surface area contributed by atoms with E-state index in [4.69, 9.17) is 0 Å². The zero-order valence-corrected chi connectivity index (χ0v) is 10.1. The summed E-state index contributed by atoms with van der Waals surface area (Å²) in [6, 6.07) is 1.43. The van der Waals surface area contributed by atoms with Crippen LogP contribution in [0.1, 0.15) is 37.0 Å². The average Bonchev–Trinajstić information content (AvgIpc) is 2.27. The Kier molecular flexibility index (Phi) is 4.45. The molecule has 0 fully saturated rings. The van der Waals surface area contributed by atoms with Gasteiger partial charge in [-0.05, 0) is 19.4 Å². The Morgan fingerprint density at radius 3 is 2.88 bits per heavy atom. The van der Waals surface area contributed by atoms with E-state index < -0.39 is 11.5 Å². The normalized spacial score (nSPS) is 14.1. The van der Waals surface area contributed by atoms with Crippen molar-refractivity contribution < 1.29 is 15.0 Å². The van der Waals surface area contributed by atoms with Gasteiger partial charge in [0.05, 0.1) is 17.4 Å². The van der Waals surface area contributed by atoms with Crippen molar-refractivity contribution in [1.82, 2.24) is 10.3 Å². The predicted molar refractivity (Wildman–Crippen MR) is 63.8 cm³/mol.